The molecule has 0 fully saturated rings. The number of para-hydroxylation sites is 2. The normalized spacial score (nSPS) is 10.1. The molecule has 0 bridgehead atoms. The zero-order valence-corrected chi connectivity index (χ0v) is 11.6. The Balaban J connectivity index is 2.07. The second-order valence-electron chi connectivity index (χ2n) is 4.42. The number of nitrogens with zero attached hydrogens (tertiary/aromatic N) is 1. The molecule has 0 spiro atoms. The molecular formula is C14H16N4O3. The van der Waals surface area contributed by atoms with Gasteiger partial charge in [0.05, 0.1) is 30.5 Å². The Morgan fingerprint density at radius 2 is 2.14 bits per heavy atom. The Morgan fingerprint density at radius 3 is 2.81 bits per heavy atom. The van der Waals surface area contributed by atoms with Crippen LogP contribution >= 0.6 is 0 Å². The van der Waals surface area contributed by atoms with Crippen LogP contribution in [0.5, 0.6) is 5.75 Å². The summed E-state index contributed by atoms with van der Waals surface area (Å²) in [5.41, 5.74) is 6.72. The summed E-state index contributed by atoms with van der Waals surface area (Å²) in [6.45, 7) is 1.92. The molecule has 0 aliphatic rings. The second-order valence-corrected chi connectivity index (χ2v) is 4.42. The number of carbonyl (C=O) groups is 2. The lowest BCUT2D eigenvalue weighted by atomic mass is 10.2. The maximum atomic E-state index is 12.1. The van der Waals surface area contributed by atoms with E-state index in [0.717, 1.165) is 0 Å². The van der Waals surface area contributed by atoms with Gasteiger partial charge in [0.15, 0.2) is 0 Å². The summed E-state index contributed by atoms with van der Waals surface area (Å²) in [6.07, 6.45) is 1.57. The quantitative estimate of drug-likeness (QED) is 0.742. The number of nitrogens with two attached hydrogens (primary N) is 1. The van der Waals surface area contributed by atoms with Gasteiger partial charge in [0, 0.05) is 5.69 Å². The van der Waals surface area contributed by atoms with Gasteiger partial charge in [0.25, 0.3) is 5.91 Å². The number of amides is 2. The van der Waals surface area contributed by atoms with Crippen molar-refractivity contribution in [3.8, 4) is 5.75 Å². The van der Waals surface area contributed by atoms with Crippen molar-refractivity contribution in [2.75, 3.05) is 11.9 Å². The van der Waals surface area contributed by atoms with Gasteiger partial charge in [-0.05, 0) is 19.1 Å². The van der Waals surface area contributed by atoms with Crippen molar-refractivity contribution in [1.29, 1.82) is 0 Å². The van der Waals surface area contributed by atoms with Gasteiger partial charge >= 0.3 is 0 Å². The third-order valence-corrected chi connectivity index (χ3v) is 2.82. The summed E-state index contributed by atoms with van der Waals surface area (Å²) in [5, 5.41) is 9.26. The van der Waals surface area contributed by atoms with Crippen LogP contribution in [0.3, 0.4) is 0 Å². The Kier molecular flexibility index (Phi) is 4.55. The summed E-state index contributed by atoms with van der Waals surface area (Å²) in [6, 6.07) is 6.98. The number of benzene rings is 1. The predicted molar refractivity (Wildman–Crippen MR) is 77.0 cm³/mol. The van der Waals surface area contributed by atoms with E-state index in [-0.39, 0.29) is 18.9 Å². The lowest BCUT2D eigenvalue weighted by Crippen LogP contribution is -2.16. The minimum atomic E-state index is -0.439. The molecule has 7 heteroatoms. The maximum absolute atomic E-state index is 12.1. The first-order chi connectivity index (χ1) is 10.1. The van der Waals surface area contributed by atoms with Crippen molar-refractivity contribution < 1.29 is 14.3 Å². The van der Waals surface area contributed by atoms with E-state index in [1.807, 2.05) is 0 Å². The fourth-order valence-electron chi connectivity index (χ4n) is 1.73. The van der Waals surface area contributed by atoms with Crippen LogP contribution < -0.4 is 15.8 Å². The highest BCUT2D eigenvalue weighted by Crippen LogP contribution is 2.24. The number of rotatable bonds is 6. The highest BCUT2D eigenvalue weighted by molar-refractivity contribution is 6.05. The molecule has 4 N–H and O–H groups in total. The number of hydrogen-bond acceptors (Lipinski definition) is 4. The Hall–Kier alpha value is -2.83. The lowest BCUT2D eigenvalue weighted by molar-refractivity contribution is -0.118. The number of H-pyrrole nitrogens is 1. The monoisotopic (exact) mass is 288 g/mol. The molecule has 21 heavy (non-hydrogen) atoms. The summed E-state index contributed by atoms with van der Waals surface area (Å²) in [5.74, 6) is -0.244. The average Bonchev–Trinajstić information content (AvgIpc) is 2.86. The largest absolute Gasteiger partial charge is 0.491 e. The van der Waals surface area contributed by atoms with Gasteiger partial charge in [0.2, 0.25) is 5.91 Å². The summed E-state index contributed by atoms with van der Waals surface area (Å²) < 4.78 is 5.46. The molecule has 1 aromatic heterocycles. The van der Waals surface area contributed by atoms with Crippen molar-refractivity contribution in [3.63, 3.8) is 0 Å². The number of nitrogens with one attached hydrogen (secondary N) is 2. The van der Waals surface area contributed by atoms with E-state index in [1.54, 1.807) is 31.2 Å². The van der Waals surface area contributed by atoms with Crippen LogP contribution in [0.4, 0.5) is 5.69 Å². The van der Waals surface area contributed by atoms with Crippen LogP contribution in [0.1, 0.15) is 22.5 Å². The number of aryl methyl sites for hydroxylation is 1. The average molecular weight is 288 g/mol. The Morgan fingerprint density at radius 1 is 1.38 bits per heavy atom. The van der Waals surface area contributed by atoms with Gasteiger partial charge < -0.3 is 15.8 Å². The Bertz CT molecular complexity index is 651. The zero-order valence-electron chi connectivity index (χ0n) is 11.6. The van der Waals surface area contributed by atoms with Crippen molar-refractivity contribution in [1.82, 2.24) is 10.2 Å². The van der Waals surface area contributed by atoms with Crippen LogP contribution in [0.25, 0.3) is 0 Å². The SMILES string of the molecule is Cc1[nH]ncc1C(=O)Nc1ccccc1OCCC(N)=O. The van der Waals surface area contributed by atoms with Gasteiger partial charge in [0.1, 0.15) is 5.75 Å². The van der Waals surface area contributed by atoms with Crippen LogP contribution in [0.2, 0.25) is 0 Å². The fourth-order valence-corrected chi connectivity index (χ4v) is 1.73. The zero-order chi connectivity index (χ0) is 15.2. The molecule has 0 radical (unpaired) electrons. The molecule has 1 heterocycles. The molecule has 2 aromatic rings. The smallest absolute Gasteiger partial charge is 0.259 e. The predicted octanol–water partition coefficient (Wildman–Crippen LogP) is 1.22. The van der Waals surface area contributed by atoms with Crippen molar-refractivity contribution in [2.24, 2.45) is 5.73 Å². The molecule has 0 saturated carbocycles. The van der Waals surface area contributed by atoms with Gasteiger partial charge in [-0.25, -0.2) is 0 Å². The molecule has 7 nitrogen and oxygen atoms in total. The van der Waals surface area contributed by atoms with Crippen LogP contribution in [-0.2, 0) is 4.79 Å². The van der Waals surface area contributed by atoms with Gasteiger partial charge in [-0.15, -0.1) is 0 Å². The molecule has 0 saturated heterocycles. The highest BCUT2D eigenvalue weighted by atomic mass is 16.5. The van der Waals surface area contributed by atoms with E-state index in [9.17, 15) is 9.59 Å². The number of aromatic amines is 1. The van der Waals surface area contributed by atoms with E-state index < -0.39 is 5.91 Å². The van der Waals surface area contributed by atoms with Crippen molar-refractivity contribution in [3.05, 3.63) is 41.7 Å². The van der Waals surface area contributed by atoms with Gasteiger partial charge in [-0.3, -0.25) is 14.7 Å². The number of carbonyl (C=O) groups excluding carboxylic acids is 2. The topological polar surface area (TPSA) is 110 Å². The van der Waals surface area contributed by atoms with E-state index in [4.69, 9.17) is 10.5 Å². The van der Waals surface area contributed by atoms with E-state index in [0.29, 0.717) is 22.7 Å². The molecular weight excluding hydrogens is 272 g/mol. The number of ether oxygens (including phenoxy) is 1. The minimum absolute atomic E-state index is 0.114. The first kappa shape index (κ1) is 14.6. The van der Waals surface area contributed by atoms with E-state index in [1.165, 1.54) is 6.20 Å². The van der Waals surface area contributed by atoms with Crippen molar-refractivity contribution in [2.45, 2.75) is 13.3 Å². The molecule has 2 rings (SSSR count). The molecule has 2 amide bonds. The number of anilines is 1. The van der Waals surface area contributed by atoms with E-state index in [2.05, 4.69) is 15.5 Å². The molecule has 0 atom stereocenters. The highest BCUT2D eigenvalue weighted by Gasteiger charge is 2.13. The Labute approximate surface area is 121 Å². The third-order valence-electron chi connectivity index (χ3n) is 2.82. The maximum Gasteiger partial charge on any atom is 0.259 e. The molecule has 0 aliphatic carbocycles. The lowest BCUT2D eigenvalue weighted by Gasteiger charge is -2.11. The molecule has 0 unspecified atom stereocenters. The first-order valence-corrected chi connectivity index (χ1v) is 6.39. The summed E-state index contributed by atoms with van der Waals surface area (Å²) >= 11 is 0. The van der Waals surface area contributed by atoms with Crippen LogP contribution in [-0.4, -0.2) is 28.6 Å². The third kappa shape index (κ3) is 3.82. The number of hydrogen-bond donors (Lipinski definition) is 3. The standard InChI is InChI=1S/C14H16N4O3/c1-9-10(8-16-18-9)14(20)17-11-4-2-3-5-12(11)21-7-6-13(15)19/h2-5,8H,6-7H2,1H3,(H2,15,19)(H,16,18)(H,17,20). The fraction of sp³-hybridized carbons (Fsp3) is 0.214. The number of primary amides is 1. The molecule has 110 valence electrons. The van der Waals surface area contributed by atoms with Gasteiger partial charge in [-0.1, -0.05) is 12.1 Å². The van der Waals surface area contributed by atoms with Crippen molar-refractivity contribution >= 4 is 17.5 Å². The van der Waals surface area contributed by atoms with Crippen LogP contribution in [0.15, 0.2) is 30.5 Å². The van der Waals surface area contributed by atoms with E-state index >= 15 is 0 Å². The second kappa shape index (κ2) is 6.56. The first-order valence-electron chi connectivity index (χ1n) is 6.39. The van der Waals surface area contributed by atoms with Crippen LogP contribution in [0, 0.1) is 6.92 Å². The summed E-state index contributed by atoms with van der Waals surface area (Å²) in [4.78, 5) is 22.8. The molecule has 0 aliphatic heterocycles. The summed E-state index contributed by atoms with van der Waals surface area (Å²) in [7, 11) is 0. The molecule has 1 aromatic carbocycles. The minimum Gasteiger partial charge on any atom is -0.491 e. The number of aromatic nitrogens is 2. The van der Waals surface area contributed by atoms with Gasteiger partial charge in [-0.2, -0.15) is 5.10 Å².